The summed E-state index contributed by atoms with van der Waals surface area (Å²) in [4.78, 5) is 43.8. The Morgan fingerprint density at radius 3 is 1.51 bits per heavy atom. The van der Waals surface area contributed by atoms with Crippen LogP contribution in [0.3, 0.4) is 0 Å². The van der Waals surface area contributed by atoms with Crippen LogP contribution in [0.25, 0.3) is 0 Å². The van der Waals surface area contributed by atoms with Crippen molar-refractivity contribution in [3.8, 4) is 23.0 Å². The Kier molecular flexibility index (Phi) is 14.4. The molecule has 2 atom stereocenters. The van der Waals surface area contributed by atoms with E-state index < -0.39 is 0 Å². The molecule has 352 valence electrons. The Balaban J connectivity index is 0.000000138. The van der Waals surface area contributed by atoms with E-state index in [9.17, 15) is 24.6 Å². The van der Waals surface area contributed by atoms with Crippen LogP contribution in [-0.4, -0.2) is 73.2 Å². The minimum absolute atomic E-state index is 0. The number of carbonyl (C=O) groups excluding carboxylic acids is 3. The maximum absolute atomic E-state index is 12.6. The number of hydrogen-bond acceptors (Lipinski definition) is 10. The molecule has 68 heavy (non-hydrogen) atoms. The molecule has 0 spiro atoms. The monoisotopic (exact) mass is 1110 g/mol. The van der Waals surface area contributed by atoms with Crippen LogP contribution in [0.15, 0.2) is 110 Å². The van der Waals surface area contributed by atoms with Crippen molar-refractivity contribution in [3.63, 3.8) is 0 Å². The van der Waals surface area contributed by atoms with Gasteiger partial charge in [-0.2, -0.15) is 0 Å². The van der Waals surface area contributed by atoms with Gasteiger partial charge in [0.25, 0.3) is 11.8 Å². The lowest BCUT2D eigenvalue weighted by Gasteiger charge is -2.21. The van der Waals surface area contributed by atoms with Gasteiger partial charge in [0.2, 0.25) is 0 Å². The van der Waals surface area contributed by atoms with E-state index in [2.05, 4.69) is 98.2 Å². The SMILES string of the molecule is C.Cc1ccc2c(c1)CC(=O)c1cc(Br)ccc1N2C.Cc1ccc2c(c1)NC(=O)c1cc(Br)c(N3CCC(O)C3)cc1O2.Cc1ccc2c(c1)NC(=O)c1cc(Br)c(N3CC[C@H](O)C3)cc1O2. The standard InChI is InChI=1S/2C18H17BrN2O3.C16H14BrNO.CH4/c2*1-10-2-3-16-14(6-10)20-18(23)12-7-13(19)15(8-17(12)24-16)21-5-4-11(22)9-21;1-10-3-5-14-11(7-10)8-16(19)13-9-12(17)4-6-15(13)18(14)2;/h2*2-3,6-8,11,22H,4-5,9H2,1H3,(H,20,23);3-7,9H,8H2,1-2H3;1H4/t11-;;;/m0.../s1. The molecule has 0 radical (unpaired) electrons. The second kappa shape index (κ2) is 20.1. The van der Waals surface area contributed by atoms with E-state index in [1.54, 1.807) is 12.1 Å². The van der Waals surface area contributed by atoms with Gasteiger partial charge in [0.15, 0.2) is 17.3 Å². The summed E-state index contributed by atoms with van der Waals surface area (Å²) in [5.41, 5.74) is 11.4. The molecule has 2 fully saturated rings. The van der Waals surface area contributed by atoms with Gasteiger partial charge in [-0.1, -0.05) is 53.2 Å². The Labute approximate surface area is 421 Å². The smallest absolute Gasteiger partial charge is 0.259 e. The van der Waals surface area contributed by atoms with Gasteiger partial charge in [0.1, 0.15) is 11.5 Å². The van der Waals surface area contributed by atoms with Crippen LogP contribution in [0.4, 0.5) is 34.1 Å². The maximum atomic E-state index is 12.6. The first-order chi connectivity index (χ1) is 32.1. The van der Waals surface area contributed by atoms with E-state index in [-0.39, 0.29) is 37.2 Å². The first kappa shape index (κ1) is 48.7. The van der Waals surface area contributed by atoms with Gasteiger partial charge in [-0.15, -0.1) is 0 Å². The number of carbonyl (C=O) groups is 3. The zero-order chi connectivity index (χ0) is 47.3. The molecule has 12 nitrogen and oxygen atoms in total. The van der Waals surface area contributed by atoms with Gasteiger partial charge >= 0.3 is 0 Å². The lowest BCUT2D eigenvalue weighted by molar-refractivity contribution is 0.0991. The van der Waals surface area contributed by atoms with Crippen molar-refractivity contribution in [2.75, 3.05) is 58.6 Å². The minimum atomic E-state index is -0.316. The van der Waals surface area contributed by atoms with Crippen molar-refractivity contribution in [1.29, 1.82) is 0 Å². The van der Waals surface area contributed by atoms with Gasteiger partial charge < -0.3 is 45.0 Å². The largest absolute Gasteiger partial charge is 0.454 e. The molecule has 0 aromatic heterocycles. The van der Waals surface area contributed by atoms with Crippen LogP contribution >= 0.6 is 47.8 Å². The summed E-state index contributed by atoms with van der Waals surface area (Å²) in [7, 11) is 2.01. The molecule has 5 aliphatic rings. The Hall–Kier alpha value is -5.71. The zero-order valence-electron chi connectivity index (χ0n) is 37.3. The van der Waals surface area contributed by atoms with Gasteiger partial charge in [0, 0.05) is 76.4 Å². The number of nitrogens with zero attached hydrogens (tertiary/aromatic N) is 3. The summed E-state index contributed by atoms with van der Waals surface area (Å²) >= 11 is 10.5. The molecule has 5 heterocycles. The van der Waals surface area contributed by atoms with E-state index in [0.29, 0.717) is 65.0 Å². The number of ether oxygens (including phenoxy) is 2. The molecule has 2 amide bonds. The first-order valence-corrected chi connectivity index (χ1v) is 24.3. The van der Waals surface area contributed by atoms with Crippen LogP contribution < -0.4 is 34.8 Å². The lowest BCUT2D eigenvalue weighted by atomic mass is 10.0. The van der Waals surface area contributed by atoms with E-state index >= 15 is 0 Å². The lowest BCUT2D eigenvalue weighted by Crippen LogP contribution is -2.22. The number of aliphatic hydroxyl groups excluding tert-OH is 2. The predicted octanol–water partition coefficient (Wildman–Crippen LogP) is 12.3. The van der Waals surface area contributed by atoms with E-state index in [4.69, 9.17) is 9.47 Å². The highest BCUT2D eigenvalue weighted by molar-refractivity contribution is 9.11. The number of amides is 2. The van der Waals surface area contributed by atoms with Crippen LogP contribution in [0.5, 0.6) is 23.0 Å². The molecule has 0 aliphatic carbocycles. The predicted molar refractivity (Wildman–Crippen MR) is 281 cm³/mol. The second-order valence-electron chi connectivity index (χ2n) is 17.4. The number of aliphatic hydroxyl groups is 2. The normalized spacial score (nSPS) is 17.4. The summed E-state index contributed by atoms with van der Waals surface area (Å²) < 4.78 is 14.6. The Morgan fingerprint density at radius 1 is 0.559 bits per heavy atom. The van der Waals surface area contributed by atoms with E-state index in [0.717, 1.165) is 84.4 Å². The summed E-state index contributed by atoms with van der Waals surface area (Å²) in [5, 5.41) is 25.4. The second-order valence-corrected chi connectivity index (χ2v) is 20.1. The summed E-state index contributed by atoms with van der Waals surface area (Å²) in [5.74, 6) is 2.09. The average molecular weight is 1110 g/mol. The fourth-order valence-corrected chi connectivity index (χ4v) is 10.4. The number of rotatable bonds is 2. The summed E-state index contributed by atoms with van der Waals surface area (Å²) in [6.07, 6.45) is 1.32. The van der Waals surface area contributed by atoms with Crippen LogP contribution in [-0.2, 0) is 6.42 Å². The van der Waals surface area contributed by atoms with Gasteiger partial charge in [-0.05, 0) is 143 Å². The zero-order valence-corrected chi connectivity index (χ0v) is 42.0. The quantitative estimate of drug-likeness (QED) is 0.132. The number of Topliss-reactive ketones (excluding diaryl/α,β-unsaturated/α-hetero) is 1. The molecule has 6 aromatic rings. The topological polar surface area (TPSA) is 144 Å². The van der Waals surface area contributed by atoms with Crippen molar-refractivity contribution < 1.29 is 34.1 Å². The third-order valence-electron chi connectivity index (χ3n) is 12.4. The molecule has 1 unspecified atom stereocenters. The van der Waals surface area contributed by atoms with E-state index in [1.165, 1.54) is 5.56 Å². The summed E-state index contributed by atoms with van der Waals surface area (Å²) in [6, 6.07) is 30.9. The van der Waals surface area contributed by atoms with Crippen LogP contribution in [0.2, 0.25) is 0 Å². The van der Waals surface area contributed by atoms with Crippen molar-refractivity contribution >= 4 is 99.5 Å². The molecular formula is C53H52Br3N5O7. The van der Waals surface area contributed by atoms with Crippen LogP contribution in [0, 0.1) is 20.8 Å². The van der Waals surface area contributed by atoms with Crippen molar-refractivity contribution in [2.24, 2.45) is 0 Å². The molecule has 6 aromatic carbocycles. The van der Waals surface area contributed by atoms with Crippen molar-refractivity contribution in [2.45, 2.75) is 59.7 Å². The molecule has 4 N–H and O–H groups in total. The molecule has 5 aliphatic heterocycles. The highest BCUT2D eigenvalue weighted by Gasteiger charge is 2.30. The number of ketones is 1. The maximum Gasteiger partial charge on any atom is 0.259 e. The minimum Gasteiger partial charge on any atom is -0.454 e. The number of fused-ring (bicyclic) bond motifs is 6. The number of aryl methyl sites for hydroxylation is 3. The fourth-order valence-electron chi connectivity index (χ4n) is 8.90. The first-order valence-electron chi connectivity index (χ1n) is 22.0. The van der Waals surface area contributed by atoms with E-state index in [1.807, 2.05) is 87.6 Å². The molecule has 0 bridgehead atoms. The Bertz CT molecular complexity index is 2840. The number of anilines is 6. The highest BCUT2D eigenvalue weighted by Crippen LogP contribution is 2.44. The molecule has 11 rings (SSSR count). The fraction of sp³-hybridized carbons (Fsp3) is 0.264. The highest BCUT2D eigenvalue weighted by atomic mass is 79.9. The van der Waals surface area contributed by atoms with Gasteiger partial charge in [0.05, 0.1) is 51.8 Å². The number of β-amino-alcohol motifs (C(OH)–C–C–N with tert-alkyl or cyclic N) is 2. The number of halogens is 3. The van der Waals surface area contributed by atoms with Gasteiger partial charge in [-0.25, -0.2) is 0 Å². The third-order valence-corrected chi connectivity index (χ3v) is 14.1. The number of benzene rings is 6. The Morgan fingerprint density at radius 2 is 1.03 bits per heavy atom. The van der Waals surface area contributed by atoms with Crippen LogP contribution in [0.1, 0.15) is 73.6 Å². The van der Waals surface area contributed by atoms with Gasteiger partial charge in [-0.3, -0.25) is 14.4 Å². The number of nitrogens with one attached hydrogen (secondary N) is 2. The molecular weight excluding hydrogens is 1060 g/mol. The third kappa shape index (κ3) is 10.2. The van der Waals surface area contributed by atoms with Crippen molar-refractivity contribution in [3.05, 3.63) is 149 Å². The van der Waals surface area contributed by atoms with Crippen molar-refractivity contribution in [1.82, 2.24) is 0 Å². The number of hydrogen-bond donors (Lipinski definition) is 4. The average Bonchev–Trinajstić information content (AvgIpc) is 3.84. The summed E-state index contributed by atoms with van der Waals surface area (Å²) in [6.45, 7) is 8.72. The molecule has 2 saturated heterocycles. The molecule has 0 saturated carbocycles. The molecule has 15 heteroatoms.